The molecule has 0 bridgehead atoms. The molecule has 0 unspecified atom stereocenters. The van der Waals surface area contributed by atoms with Gasteiger partial charge >= 0.3 is 0 Å². The van der Waals surface area contributed by atoms with Gasteiger partial charge in [-0.25, -0.2) is 0 Å². The van der Waals surface area contributed by atoms with Crippen molar-refractivity contribution in [2.24, 2.45) is 5.92 Å². The lowest BCUT2D eigenvalue weighted by Gasteiger charge is -2.32. The summed E-state index contributed by atoms with van der Waals surface area (Å²) in [6, 6.07) is 0.510. The molecule has 2 atom stereocenters. The third-order valence-electron chi connectivity index (χ3n) is 3.90. The average molecular weight is 193 g/mol. The first-order valence-electron chi connectivity index (χ1n) is 5.52. The van der Waals surface area contributed by atoms with Crippen molar-refractivity contribution in [1.82, 2.24) is 4.90 Å². The minimum absolute atomic E-state index is 0.254. The number of fused-ring (bicyclic) bond motifs is 1. The Balaban J connectivity index is 2.17. The van der Waals surface area contributed by atoms with Gasteiger partial charge in [0.05, 0.1) is 0 Å². The summed E-state index contributed by atoms with van der Waals surface area (Å²) in [6.07, 6.45) is 3.52. The molecule has 1 fully saturated rings. The zero-order valence-corrected chi connectivity index (χ0v) is 9.34. The van der Waals surface area contributed by atoms with Crippen LogP contribution in [0.15, 0.2) is 11.1 Å². The Labute approximate surface area is 86.0 Å². The Kier molecular flexibility index (Phi) is 2.38. The van der Waals surface area contributed by atoms with E-state index >= 15 is 0 Å². The smallest absolute Gasteiger partial charge is 0.219 e. The van der Waals surface area contributed by atoms with E-state index in [4.69, 9.17) is 0 Å². The molecule has 2 heteroatoms. The highest BCUT2D eigenvalue weighted by atomic mass is 16.2. The van der Waals surface area contributed by atoms with Crippen LogP contribution in [0, 0.1) is 5.92 Å². The first-order valence-corrected chi connectivity index (χ1v) is 5.52. The second kappa shape index (κ2) is 3.41. The van der Waals surface area contributed by atoms with Gasteiger partial charge in [0.1, 0.15) is 0 Å². The van der Waals surface area contributed by atoms with E-state index < -0.39 is 0 Å². The third kappa shape index (κ3) is 1.47. The number of hydrogen-bond donors (Lipinski definition) is 0. The second-order valence-corrected chi connectivity index (χ2v) is 4.80. The molecule has 78 valence electrons. The van der Waals surface area contributed by atoms with Crippen LogP contribution in [0.4, 0.5) is 0 Å². The van der Waals surface area contributed by atoms with Crippen LogP contribution < -0.4 is 0 Å². The summed E-state index contributed by atoms with van der Waals surface area (Å²) in [5, 5.41) is 0. The zero-order valence-electron chi connectivity index (χ0n) is 9.34. The third-order valence-corrected chi connectivity index (χ3v) is 3.90. The predicted molar refractivity (Wildman–Crippen MR) is 56.9 cm³/mol. The van der Waals surface area contributed by atoms with Gasteiger partial charge in [0.25, 0.3) is 0 Å². The summed E-state index contributed by atoms with van der Waals surface area (Å²) >= 11 is 0. The molecule has 0 radical (unpaired) electrons. The number of carbonyl (C=O) groups excluding carboxylic acids is 1. The van der Waals surface area contributed by atoms with E-state index in [1.165, 1.54) is 18.4 Å². The van der Waals surface area contributed by atoms with Gasteiger partial charge in [0, 0.05) is 19.5 Å². The Morgan fingerprint density at radius 2 is 1.93 bits per heavy atom. The molecule has 0 N–H and O–H groups in total. The van der Waals surface area contributed by atoms with Crippen molar-refractivity contribution in [3.8, 4) is 0 Å². The predicted octanol–water partition coefficient (Wildman–Crippen LogP) is 2.35. The van der Waals surface area contributed by atoms with Crippen LogP contribution in [0.1, 0.15) is 40.0 Å². The topological polar surface area (TPSA) is 20.3 Å². The minimum Gasteiger partial charge on any atom is -0.339 e. The van der Waals surface area contributed by atoms with Crippen molar-refractivity contribution in [3.63, 3.8) is 0 Å². The van der Waals surface area contributed by atoms with Crippen LogP contribution >= 0.6 is 0 Å². The molecule has 1 aliphatic carbocycles. The first-order chi connectivity index (χ1) is 6.59. The number of allylic oxidation sites excluding steroid dienone is 1. The van der Waals surface area contributed by atoms with E-state index in [2.05, 4.69) is 18.7 Å². The number of likely N-dealkylation sites (tertiary alicyclic amines) is 1. The zero-order chi connectivity index (χ0) is 10.3. The summed E-state index contributed by atoms with van der Waals surface area (Å²) < 4.78 is 0. The molecule has 2 aliphatic rings. The molecule has 0 saturated carbocycles. The standard InChI is InChI=1S/C12H19NO/c1-8-6-11-4-5-13(10(3)14)12(11)7-9(8)2/h11-12H,4-7H2,1-3H3/t11-,12-/m0/s1. The van der Waals surface area contributed by atoms with E-state index in [1.54, 1.807) is 12.5 Å². The monoisotopic (exact) mass is 193 g/mol. The maximum atomic E-state index is 11.4. The molecule has 0 aromatic rings. The Bertz CT molecular complexity index is 293. The Morgan fingerprint density at radius 1 is 1.29 bits per heavy atom. The number of carbonyl (C=O) groups is 1. The lowest BCUT2D eigenvalue weighted by Crippen LogP contribution is -2.38. The van der Waals surface area contributed by atoms with Gasteiger partial charge < -0.3 is 4.90 Å². The molecule has 1 aliphatic heterocycles. The van der Waals surface area contributed by atoms with Gasteiger partial charge in [0.2, 0.25) is 5.91 Å². The van der Waals surface area contributed by atoms with Gasteiger partial charge in [-0.2, -0.15) is 0 Å². The normalized spacial score (nSPS) is 32.1. The van der Waals surface area contributed by atoms with Crippen molar-refractivity contribution in [2.45, 2.75) is 46.1 Å². The molecule has 2 nitrogen and oxygen atoms in total. The molecule has 0 aromatic carbocycles. The van der Waals surface area contributed by atoms with Gasteiger partial charge in [-0.05, 0) is 39.0 Å². The van der Waals surface area contributed by atoms with Crippen LogP contribution in [-0.2, 0) is 4.79 Å². The van der Waals surface area contributed by atoms with Gasteiger partial charge in [-0.15, -0.1) is 0 Å². The number of nitrogens with zero attached hydrogens (tertiary/aromatic N) is 1. The van der Waals surface area contributed by atoms with Crippen LogP contribution in [0.5, 0.6) is 0 Å². The van der Waals surface area contributed by atoms with Gasteiger partial charge in [0.15, 0.2) is 0 Å². The van der Waals surface area contributed by atoms with Crippen molar-refractivity contribution in [3.05, 3.63) is 11.1 Å². The highest BCUT2D eigenvalue weighted by Crippen LogP contribution is 2.38. The Morgan fingerprint density at radius 3 is 2.57 bits per heavy atom. The summed E-state index contributed by atoms with van der Waals surface area (Å²) in [5.41, 5.74) is 3.05. The Hall–Kier alpha value is -0.790. The number of hydrogen-bond acceptors (Lipinski definition) is 1. The molecule has 1 saturated heterocycles. The van der Waals surface area contributed by atoms with Crippen LogP contribution in [0.25, 0.3) is 0 Å². The summed E-state index contributed by atoms with van der Waals surface area (Å²) in [6.45, 7) is 7.12. The van der Waals surface area contributed by atoms with E-state index in [0.29, 0.717) is 6.04 Å². The van der Waals surface area contributed by atoms with Crippen molar-refractivity contribution >= 4 is 5.91 Å². The summed E-state index contributed by atoms with van der Waals surface area (Å²) in [7, 11) is 0. The van der Waals surface area contributed by atoms with Crippen LogP contribution in [-0.4, -0.2) is 23.4 Å². The highest BCUT2D eigenvalue weighted by Gasteiger charge is 2.37. The largest absolute Gasteiger partial charge is 0.339 e. The molecular weight excluding hydrogens is 174 g/mol. The molecule has 0 aromatic heterocycles. The quantitative estimate of drug-likeness (QED) is 0.541. The first kappa shape index (κ1) is 9.75. The number of rotatable bonds is 0. The van der Waals surface area contributed by atoms with E-state index in [0.717, 1.165) is 18.9 Å². The maximum Gasteiger partial charge on any atom is 0.219 e. The number of amides is 1. The van der Waals surface area contributed by atoms with E-state index in [9.17, 15) is 4.79 Å². The maximum absolute atomic E-state index is 11.4. The van der Waals surface area contributed by atoms with Gasteiger partial charge in [-0.1, -0.05) is 11.1 Å². The van der Waals surface area contributed by atoms with E-state index in [-0.39, 0.29) is 5.91 Å². The fourth-order valence-electron chi connectivity index (χ4n) is 2.88. The van der Waals surface area contributed by atoms with Crippen molar-refractivity contribution in [2.75, 3.05) is 6.54 Å². The highest BCUT2D eigenvalue weighted by molar-refractivity contribution is 5.74. The van der Waals surface area contributed by atoms with Crippen molar-refractivity contribution < 1.29 is 4.79 Å². The molecule has 1 heterocycles. The SMILES string of the molecule is CC(=O)N1CC[C@H]2CC(C)=C(C)C[C@@H]21. The molecule has 2 rings (SSSR count). The molecule has 1 amide bonds. The molecular formula is C12H19NO. The fraction of sp³-hybridized carbons (Fsp3) is 0.750. The van der Waals surface area contributed by atoms with Crippen LogP contribution in [0.2, 0.25) is 0 Å². The fourth-order valence-corrected chi connectivity index (χ4v) is 2.88. The van der Waals surface area contributed by atoms with Crippen molar-refractivity contribution in [1.29, 1.82) is 0 Å². The second-order valence-electron chi connectivity index (χ2n) is 4.80. The summed E-state index contributed by atoms with van der Waals surface area (Å²) in [4.78, 5) is 13.5. The molecule has 0 spiro atoms. The lowest BCUT2D eigenvalue weighted by atomic mass is 9.81. The lowest BCUT2D eigenvalue weighted by molar-refractivity contribution is -0.130. The average Bonchev–Trinajstić information content (AvgIpc) is 2.48. The minimum atomic E-state index is 0.254. The van der Waals surface area contributed by atoms with Gasteiger partial charge in [-0.3, -0.25) is 4.79 Å². The summed E-state index contributed by atoms with van der Waals surface area (Å²) in [5.74, 6) is 0.993. The van der Waals surface area contributed by atoms with Crippen LogP contribution in [0.3, 0.4) is 0 Å². The molecule has 14 heavy (non-hydrogen) atoms. The van der Waals surface area contributed by atoms with E-state index in [1.807, 2.05) is 0 Å².